The number of ether oxygens (including phenoxy) is 1. The van der Waals surface area contributed by atoms with Gasteiger partial charge in [-0.05, 0) is 18.6 Å². The molecule has 0 saturated carbocycles. The lowest BCUT2D eigenvalue weighted by atomic mass is 9.60. The number of nitrogens with one attached hydrogen (secondary N) is 1. The van der Waals surface area contributed by atoms with E-state index in [-0.39, 0.29) is 6.51 Å². The minimum atomic E-state index is -0.0825. The van der Waals surface area contributed by atoms with Gasteiger partial charge >= 0.3 is 0 Å². The van der Waals surface area contributed by atoms with Crippen LogP contribution < -0.4 is 10.2 Å². The summed E-state index contributed by atoms with van der Waals surface area (Å²) >= 11 is 0. The van der Waals surface area contributed by atoms with Crippen molar-refractivity contribution in [3.63, 3.8) is 0 Å². The lowest BCUT2D eigenvalue weighted by Gasteiger charge is -2.13. The van der Waals surface area contributed by atoms with Crippen molar-refractivity contribution in [2.75, 3.05) is 7.11 Å². The largest absolute Gasteiger partial charge is 0.563 e. The Morgan fingerprint density at radius 3 is 2.43 bits per heavy atom. The standard InChI is InChI=1S/C11H17BNO/c1-3-4-9-12(13)10-5-7-11(14-2)8-6-10/h5-8,13H,3-4,9H2,1-2H3/q-1. The van der Waals surface area contributed by atoms with Gasteiger partial charge in [0.15, 0.2) is 0 Å². The summed E-state index contributed by atoms with van der Waals surface area (Å²) in [6, 6.07) is 7.80. The van der Waals surface area contributed by atoms with Gasteiger partial charge in [-0.1, -0.05) is 31.9 Å². The van der Waals surface area contributed by atoms with Crippen molar-refractivity contribution < 1.29 is 4.74 Å². The Labute approximate surface area is 85.9 Å². The van der Waals surface area contributed by atoms with Gasteiger partial charge in [0.05, 0.1) is 7.11 Å². The molecule has 0 unspecified atom stereocenters. The van der Waals surface area contributed by atoms with Crippen molar-refractivity contribution in [2.24, 2.45) is 0 Å². The van der Waals surface area contributed by atoms with Crippen LogP contribution in [0.25, 0.3) is 0 Å². The summed E-state index contributed by atoms with van der Waals surface area (Å²) in [5.74, 6) is 0.858. The minimum absolute atomic E-state index is 0.0825. The fourth-order valence-electron chi connectivity index (χ4n) is 1.41. The van der Waals surface area contributed by atoms with E-state index < -0.39 is 0 Å². The molecule has 0 aliphatic rings. The third kappa shape index (κ3) is 2.98. The lowest BCUT2D eigenvalue weighted by molar-refractivity contribution is 0.415. The summed E-state index contributed by atoms with van der Waals surface area (Å²) in [5.41, 5.74) is 1.08. The maximum Gasteiger partial charge on any atom is 0.118 e. The predicted octanol–water partition coefficient (Wildman–Crippen LogP) is 2.54. The van der Waals surface area contributed by atoms with Crippen LogP contribution in [0.5, 0.6) is 5.75 Å². The third-order valence-corrected chi connectivity index (χ3v) is 2.36. The minimum Gasteiger partial charge on any atom is -0.563 e. The average Bonchev–Trinajstić information content (AvgIpc) is 2.26. The predicted molar refractivity (Wildman–Crippen MR) is 60.8 cm³/mol. The molecule has 0 fully saturated rings. The molecule has 1 rings (SSSR count). The Kier molecular flexibility index (Phi) is 4.37. The van der Waals surface area contributed by atoms with Gasteiger partial charge in [-0.3, -0.25) is 0 Å². The van der Waals surface area contributed by atoms with E-state index in [4.69, 9.17) is 10.0 Å². The molecule has 0 amide bonds. The van der Waals surface area contributed by atoms with Crippen molar-refractivity contribution in [3.8, 4) is 5.75 Å². The van der Waals surface area contributed by atoms with Gasteiger partial charge in [0.1, 0.15) is 5.75 Å². The van der Waals surface area contributed by atoms with E-state index in [1.807, 2.05) is 24.3 Å². The maximum absolute atomic E-state index is 7.90. The second kappa shape index (κ2) is 5.58. The molecule has 0 aromatic heterocycles. The molecule has 0 atom stereocenters. The number of benzene rings is 1. The molecule has 76 valence electrons. The van der Waals surface area contributed by atoms with Crippen LogP contribution in [0.3, 0.4) is 0 Å². The zero-order chi connectivity index (χ0) is 10.4. The summed E-state index contributed by atoms with van der Waals surface area (Å²) in [6.07, 6.45) is 3.23. The van der Waals surface area contributed by atoms with Crippen molar-refractivity contribution in [3.05, 3.63) is 24.3 Å². The number of methoxy groups -OCH3 is 1. The first-order valence-electron chi connectivity index (χ1n) is 5.13. The van der Waals surface area contributed by atoms with Crippen LogP contribution in [0.15, 0.2) is 24.3 Å². The van der Waals surface area contributed by atoms with Crippen molar-refractivity contribution in [1.82, 2.24) is 0 Å². The number of rotatable bonds is 5. The van der Waals surface area contributed by atoms with Gasteiger partial charge in [-0.2, -0.15) is 6.32 Å². The van der Waals surface area contributed by atoms with Crippen LogP contribution in [0.4, 0.5) is 0 Å². The van der Waals surface area contributed by atoms with E-state index >= 15 is 0 Å². The van der Waals surface area contributed by atoms with Crippen LogP contribution in [0.1, 0.15) is 19.8 Å². The molecule has 0 radical (unpaired) electrons. The molecule has 2 nitrogen and oxygen atoms in total. The zero-order valence-corrected chi connectivity index (χ0v) is 8.92. The maximum atomic E-state index is 7.90. The summed E-state index contributed by atoms with van der Waals surface area (Å²) in [7, 11) is 1.66. The smallest absolute Gasteiger partial charge is 0.118 e. The normalized spacial score (nSPS) is 9.86. The quantitative estimate of drug-likeness (QED) is 0.711. The van der Waals surface area contributed by atoms with E-state index in [1.54, 1.807) is 7.11 Å². The number of hydrogen-bond donors (Lipinski definition) is 1. The van der Waals surface area contributed by atoms with Gasteiger partial charge < -0.3 is 10.0 Å². The van der Waals surface area contributed by atoms with Gasteiger partial charge in [-0.25, -0.2) is 5.46 Å². The first kappa shape index (κ1) is 11.0. The fourth-order valence-corrected chi connectivity index (χ4v) is 1.41. The summed E-state index contributed by atoms with van der Waals surface area (Å²) in [5, 5.41) is 7.90. The Morgan fingerprint density at radius 2 is 1.93 bits per heavy atom. The van der Waals surface area contributed by atoms with Crippen LogP contribution in [-0.4, -0.2) is 13.6 Å². The molecule has 0 saturated heterocycles. The fraction of sp³-hybridized carbons (Fsp3) is 0.455. The number of unbranched alkanes of at least 4 members (excludes halogenated alkanes) is 1. The number of hydrogen-bond acceptors (Lipinski definition) is 2. The van der Waals surface area contributed by atoms with E-state index in [9.17, 15) is 0 Å². The highest BCUT2D eigenvalue weighted by molar-refractivity contribution is 6.60. The van der Waals surface area contributed by atoms with Crippen LogP contribution in [-0.2, 0) is 0 Å². The highest BCUT2D eigenvalue weighted by atomic mass is 16.5. The van der Waals surface area contributed by atoms with Crippen molar-refractivity contribution in [1.29, 1.82) is 5.31 Å². The van der Waals surface area contributed by atoms with Crippen LogP contribution in [0, 0.1) is 5.31 Å². The molecule has 14 heavy (non-hydrogen) atoms. The first-order chi connectivity index (χ1) is 6.77. The highest BCUT2D eigenvalue weighted by Gasteiger charge is 1.92. The zero-order valence-electron chi connectivity index (χ0n) is 8.92. The first-order valence-corrected chi connectivity index (χ1v) is 5.13. The van der Waals surface area contributed by atoms with Gasteiger partial charge in [0.2, 0.25) is 0 Å². The summed E-state index contributed by atoms with van der Waals surface area (Å²) in [6.45, 7) is 2.07. The van der Waals surface area contributed by atoms with Crippen molar-refractivity contribution >= 4 is 12.0 Å². The molecule has 1 N–H and O–H groups in total. The lowest BCUT2D eigenvalue weighted by Crippen LogP contribution is -2.19. The van der Waals surface area contributed by atoms with Gasteiger partial charge in [0, 0.05) is 0 Å². The molecule has 0 aliphatic carbocycles. The monoisotopic (exact) mass is 190 g/mol. The molecule has 0 heterocycles. The van der Waals surface area contributed by atoms with Gasteiger partial charge in [0.25, 0.3) is 0 Å². The highest BCUT2D eigenvalue weighted by Crippen LogP contribution is 2.06. The summed E-state index contributed by atoms with van der Waals surface area (Å²) in [4.78, 5) is 0. The Morgan fingerprint density at radius 1 is 1.29 bits per heavy atom. The summed E-state index contributed by atoms with van der Waals surface area (Å²) < 4.78 is 5.07. The van der Waals surface area contributed by atoms with E-state index in [2.05, 4.69) is 6.92 Å². The molecular weight excluding hydrogens is 173 g/mol. The molecule has 1 aromatic carbocycles. The second-order valence-electron chi connectivity index (χ2n) is 3.47. The molecule has 0 bridgehead atoms. The topological polar surface area (TPSA) is 33.1 Å². The Bertz CT molecular complexity index is 295. The average molecular weight is 190 g/mol. The molecule has 0 spiro atoms. The van der Waals surface area contributed by atoms with E-state index in [0.717, 1.165) is 30.4 Å². The van der Waals surface area contributed by atoms with Crippen LogP contribution >= 0.6 is 0 Å². The Hall–Kier alpha value is -1.12. The second-order valence-corrected chi connectivity index (χ2v) is 3.47. The van der Waals surface area contributed by atoms with E-state index in [0.29, 0.717) is 0 Å². The molecule has 0 aliphatic heterocycles. The van der Waals surface area contributed by atoms with Gasteiger partial charge in [-0.15, -0.1) is 0 Å². The molecular formula is C11H17BNO-. The van der Waals surface area contributed by atoms with E-state index in [1.165, 1.54) is 0 Å². The van der Waals surface area contributed by atoms with Crippen LogP contribution in [0.2, 0.25) is 6.32 Å². The molecule has 3 heteroatoms. The molecule has 1 aromatic rings. The SMILES string of the molecule is CCCC[B-](=N)c1ccc(OC)cc1. The third-order valence-electron chi connectivity index (χ3n) is 2.36. The Balaban J connectivity index is 2.62. The van der Waals surface area contributed by atoms with Crippen molar-refractivity contribution in [2.45, 2.75) is 26.1 Å².